The molecule has 160 valence electrons. The molecular weight excluding hydrogens is 386 g/mol. The van der Waals surface area contributed by atoms with E-state index in [2.05, 4.69) is 13.8 Å². The van der Waals surface area contributed by atoms with E-state index < -0.39 is 18.5 Å². The van der Waals surface area contributed by atoms with Gasteiger partial charge in [0.1, 0.15) is 11.6 Å². The number of carbonyl (C=O) groups excluding carboxylic acids is 3. The number of nitriles is 1. The van der Waals surface area contributed by atoms with E-state index in [1.165, 1.54) is 18.0 Å². The Hall–Kier alpha value is -3.18. The molecule has 2 rings (SSSR count). The first kappa shape index (κ1) is 23.1. The summed E-state index contributed by atoms with van der Waals surface area (Å²) in [7, 11) is 1.46. The van der Waals surface area contributed by atoms with Gasteiger partial charge in [-0.15, -0.1) is 0 Å². The summed E-state index contributed by atoms with van der Waals surface area (Å²) in [6.07, 6.45) is 1.42. The van der Waals surface area contributed by atoms with E-state index in [1.807, 2.05) is 24.3 Å². The van der Waals surface area contributed by atoms with Gasteiger partial charge in [0.25, 0.3) is 5.91 Å². The molecule has 0 atom stereocenters. The molecule has 1 heterocycles. The van der Waals surface area contributed by atoms with Crippen molar-refractivity contribution in [2.75, 3.05) is 46.5 Å². The minimum absolute atomic E-state index is 0.112. The highest BCUT2D eigenvalue weighted by atomic mass is 16.5. The Kier molecular flexibility index (Phi) is 8.56. The summed E-state index contributed by atoms with van der Waals surface area (Å²) in [6.45, 7) is 5.43. The van der Waals surface area contributed by atoms with Gasteiger partial charge in [-0.3, -0.25) is 9.59 Å². The Morgan fingerprint density at radius 3 is 2.43 bits per heavy atom. The van der Waals surface area contributed by atoms with Crippen LogP contribution in [-0.4, -0.2) is 74.1 Å². The van der Waals surface area contributed by atoms with Crippen LogP contribution in [0.4, 0.5) is 0 Å². The molecule has 1 aromatic rings. The van der Waals surface area contributed by atoms with E-state index in [4.69, 9.17) is 9.47 Å². The number of likely N-dealkylation sites (N-methyl/N-ethyl adjacent to an activating group) is 1. The van der Waals surface area contributed by atoms with Gasteiger partial charge >= 0.3 is 5.97 Å². The van der Waals surface area contributed by atoms with Gasteiger partial charge in [0, 0.05) is 20.1 Å². The van der Waals surface area contributed by atoms with E-state index in [-0.39, 0.29) is 18.0 Å². The average molecular weight is 413 g/mol. The third-order valence-electron chi connectivity index (χ3n) is 4.74. The van der Waals surface area contributed by atoms with Crippen LogP contribution in [0.3, 0.4) is 0 Å². The Morgan fingerprint density at radius 1 is 1.23 bits per heavy atom. The van der Waals surface area contributed by atoms with E-state index in [0.717, 1.165) is 5.56 Å². The van der Waals surface area contributed by atoms with E-state index >= 15 is 0 Å². The van der Waals surface area contributed by atoms with Crippen molar-refractivity contribution in [1.29, 1.82) is 5.26 Å². The zero-order chi connectivity index (χ0) is 22.1. The van der Waals surface area contributed by atoms with Crippen molar-refractivity contribution in [3.8, 4) is 6.07 Å². The maximum absolute atomic E-state index is 12.2. The lowest BCUT2D eigenvalue weighted by Crippen LogP contribution is -2.46. The summed E-state index contributed by atoms with van der Waals surface area (Å²) < 4.78 is 10.2. The molecule has 0 bridgehead atoms. The van der Waals surface area contributed by atoms with Crippen molar-refractivity contribution in [3.05, 3.63) is 41.0 Å². The quantitative estimate of drug-likeness (QED) is 0.382. The van der Waals surface area contributed by atoms with Gasteiger partial charge in [0.15, 0.2) is 6.61 Å². The van der Waals surface area contributed by atoms with Crippen LogP contribution in [0.25, 0.3) is 6.08 Å². The van der Waals surface area contributed by atoms with Crippen LogP contribution in [-0.2, 0) is 23.9 Å². The fourth-order valence-electron chi connectivity index (χ4n) is 2.80. The molecule has 8 nitrogen and oxygen atoms in total. The molecular formula is C22H27N3O5. The van der Waals surface area contributed by atoms with Crippen LogP contribution in [0.1, 0.15) is 30.9 Å². The highest BCUT2D eigenvalue weighted by Crippen LogP contribution is 2.16. The molecule has 30 heavy (non-hydrogen) atoms. The second-order valence-electron chi connectivity index (χ2n) is 7.31. The first-order valence-electron chi connectivity index (χ1n) is 9.80. The Bertz CT molecular complexity index is 833. The summed E-state index contributed by atoms with van der Waals surface area (Å²) in [5.74, 6) is -1.22. The molecule has 2 amide bonds. The van der Waals surface area contributed by atoms with Gasteiger partial charge in [-0.2, -0.15) is 5.26 Å². The molecule has 1 fully saturated rings. The zero-order valence-electron chi connectivity index (χ0n) is 17.6. The van der Waals surface area contributed by atoms with Gasteiger partial charge < -0.3 is 19.3 Å². The van der Waals surface area contributed by atoms with Crippen molar-refractivity contribution >= 4 is 23.9 Å². The van der Waals surface area contributed by atoms with Crippen molar-refractivity contribution < 1.29 is 23.9 Å². The maximum Gasteiger partial charge on any atom is 0.349 e. The lowest BCUT2D eigenvalue weighted by molar-refractivity contribution is -0.150. The summed E-state index contributed by atoms with van der Waals surface area (Å²) in [5.41, 5.74) is 1.63. The SMILES string of the molecule is CC(C)c1ccc(/C=C(\C#N)C(=O)OCC(=O)N(C)CC(=O)N2CCOCC2)cc1. The number of hydrogen-bond donors (Lipinski definition) is 0. The molecule has 1 aliphatic heterocycles. The number of carbonyl (C=O) groups is 3. The fourth-order valence-corrected chi connectivity index (χ4v) is 2.80. The lowest BCUT2D eigenvalue weighted by Gasteiger charge is -2.28. The molecule has 0 saturated carbocycles. The van der Waals surface area contributed by atoms with Crippen molar-refractivity contribution in [2.45, 2.75) is 19.8 Å². The smallest absolute Gasteiger partial charge is 0.349 e. The van der Waals surface area contributed by atoms with E-state index in [1.54, 1.807) is 11.0 Å². The zero-order valence-corrected chi connectivity index (χ0v) is 17.6. The second-order valence-corrected chi connectivity index (χ2v) is 7.31. The van der Waals surface area contributed by atoms with Gasteiger partial charge in [-0.05, 0) is 23.1 Å². The summed E-state index contributed by atoms with van der Waals surface area (Å²) in [6, 6.07) is 9.30. The van der Waals surface area contributed by atoms with Gasteiger partial charge in [0.05, 0.1) is 19.8 Å². The lowest BCUT2D eigenvalue weighted by atomic mass is 10.0. The highest BCUT2D eigenvalue weighted by molar-refractivity contribution is 5.99. The molecule has 0 unspecified atom stereocenters. The average Bonchev–Trinajstić information content (AvgIpc) is 2.76. The molecule has 0 aromatic heterocycles. The monoisotopic (exact) mass is 413 g/mol. The second kappa shape index (κ2) is 11.1. The minimum Gasteiger partial charge on any atom is -0.451 e. The number of nitrogens with zero attached hydrogens (tertiary/aromatic N) is 3. The maximum atomic E-state index is 12.2. The van der Waals surface area contributed by atoms with Crippen LogP contribution in [0, 0.1) is 11.3 Å². The number of benzene rings is 1. The highest BCUT2D eigenvalue weighted by Gasteiger charge is 2.21. The number of rotatable bonds is 7. The first-order chi connectivity index (χ1) is 14.3. The summed E-state index contributed by atoms with van der Waals surface area (Å²) in [5, 5.41) is 9.26. The molecule has 0 N–H and O–H groups in total. The summed E-state index contributed by atoms with van der Waals surface area (Å²) in [4.78, 5) is 39.4. The molecule has 0 radical (unpaired) electrons. The van der Waals surface area contributed by atoms with Crippen molar-refractivity contribution in [3.63, 3.8) is 0 Å². The van der Waals surface area contributed by atoms with Crippen LogP contribution < -0.4 is 0 Å². The number of morpholine rings is 1. The fraction of sp³-hybridized carbons (Fsp3) is 0.455. The topological polar surface area (TPSA) is 99.9 Å². The van der Waals surface area contributed by atoms with Gasteiger partial charge in [-0.1, -0.05) is 38.1 Å². The number of esters is 1. The van der Waals surface area contributed by atoms with Crippen LogP contribution in [0.15, 0.2) is 29.8 Å². The molecule has 1 aliphatic rings. The number of amides is 2. The largest absolute Gasteiger partial charge is 0.451 e. The van der Waals surface area contributed by atoms with Crippen LogP contribution in [0.2, 0.25) is 0 Å². The van der Waals surface area contributed by atoms with Crippen molar-refractivity contribution in [1.82, 2.24) is 9.80 Å². The minimum atomic E-state index is -0.883. The van der Waals surface area contributed by atoms with E-state index in [0.29, 0.717) is 37.8 Å². The normalized spacial score (nSPS) is 14.2. The molecule has 1 saturated heterocycles. The third-order valence-corrected chi connectivity index (χ3v) is 4.74. The van der Waals surface area contributed by atoms with Crippen LogP contribution in [0.5, 0.6) is 0 Å². The van der Waals surface area contributed by atoms with Crippen molar-refractivity contribution in [2.24, 2.45) is 0 Å². The third kappa shape index (κ3) is 6.71. The first-order valence-corrected chi connectivity index (χ1v) is 9.80. The molecule has 1 aromatic carbocycles. The predicted molar refractivity (Wildman–Crippen MR) is 110 cm³/mol. The van der Waals surface area contributed by atoms with E-state index in [9.17, 15) is 19.6 Å². The van der Waals surface area contributed by atoms with Crippen LogP contribution >= 0.6 is 0 Å². The van der Waals surface area contributed by atoms with Gasteiger partial charge in [0.2, 0.25) is 5.91 Å². The molecule has 0 aliphatic carbocycles. The Morgan fingerprint density at radius 2 is 1.87 bits per heavy atom. The molecule has 0 spiro atoms. The Balaban J connectivity index is 1.88. The summed E-state index contributed by atoms with van der Waals surface area (Å²) >= 11 is 0. The standard InChI is InChI=1S/C22H27N3O5/c1-16(2)18-6-4-17(5-7-18)12-19(13-23)22(28)30-15-21(27)24(3)14-20(26)25-8-10-29-11-9-25/h4-7,12,16H,8-11,14-15H2,1-3H3/b19-12+. The number of hydrogen-bond acceptors (Lipinski definition) is 6. The predicted octanol–water partition coefficient (Wildman–Crippen LogP) is 1.58. The molecule has 8 heteroatoms. The number of ether oxygens (including phenoxy) is 2. The Labute approximate surface area is 176 Å². The van der Waals surface area contributed by atoms with Gasteiger partial charge in [-0.25, -0.2) is 4.79 Å².